The molecule has 2 aliphatic rings. The van der Waals surface area contributed by atoms with Gasteiger partial charge in [0.05, 0.1) is 5.92 Å². The molecular formula is C21H18FeIN3O2+2. The molecule has 1 aromatic rings. The Morgan fingerprint density at radius 1 is 0.857 bits per heavy atom. The molecule has 0 saturated heterocycles. The Labute approximate surface area is 192 Å². The van der Waals surface area contributed by atoms with Gasteiger partial charge in [-0.25, -0.2) is 4.98 Å². The molecule has 0 atom stereocenters. The number of pyridine rings is 1. The van der Waals surface area contributed by atoms with E-state index in [1.807, 2.05) is 38.5 Å². The number of hydrogen-bond donors (Lipinski definition) is 2. The maximum atomic E-state index is 11.1. The van der Waals surface area contributed by atoms with Crippen LogP contribution >= 0.6 is 22.6 Å². The summed E-state index contributed by atoms with van der Waals surface area (Å²) < 4.78 is 1.31. The zero-order chi connectivity index (χ0) is 19.6. The van der Waals surface area contributed by atoms with Gasteiger partial charge < -0.3 is 10.6 Å². The van der Waals surface area contributed by atoms with E-state index in [0.717, 1.165) is 5.92 Å². The first-order chi connectivity index (χ1) is 12.9. The number of amides is 2. The average molecular weight is 527 g/mol. The number of carbonyl (C=O) groups excluding carboxylic acids is 2. The van der Waals surface area contributed by atoms with E-state index in [1.165, 1.54) is 17.8 Å². The second-order valence-corrected chi connectivity index (χ2v) is 6.76. The van der Waals surface area contributed by atoms with Gasteiger partial charge in [0, 0.05) is 23.3 Å². The average Bonchev–Trinajstić information content (AvgIpc) is 3.25. The maximum Gasteiger partial charge on any atom is 2.00 e. The normalized spacial score (nSPS) is 16.1. The van der Waals surface area contributed by atoms with Crippen molar-refractivity contribution in [2.24, 2.45) is 0 Å². The molecule has 10 radical (unpaired) electrons. The van der Waals surface area contributed by atoms with Crippen molar-refractivity contribution in [3.8, 4) is 11.8 Å². The molecule has 2 fully saturated rings. The van der Waals surface area contributed by atoms with Crippen LogP contribution in [-0.2, 0) is 26.7 Å². The molecule has 1 heterocycles. The topological polar surface area (TPSA) is 71.1 Å². The van der Waals surface area contributed by atoms with E-state index in [0.29, 0.717) is 17.2 Å². The quantitative estimate of drug-likeness (QED) is 0.352. The van der Waals surface area contributed by atoms with Gasteiger partial charge in [-0.05, 0) is 63.5 Å². The standard InChI is InChI=1S/C16H14N3O2.C5H4I.Fe/c1-11(20)17-15-9-14(8-7-13-5-3-4-6-13)10-16(19-15)18-12(2)21;6-5-3-1-2-4-5;/h3-6,9-10H,1-2H3,(H2,17,18,19,20,21);1-4H;/q;;+2. The van der Waals surface area contributed by atoms with E-state index >= 15 is 0 Å². The van der Waals surface area contributed by atoms with Crippen molar-refractivity contribution >= 4 is 46.0 Å². The van der Waals surface area contributed by atoms with Gasteiger partial charge >= 0.3 is 17.1 Å². The number of rotatable bonds is 2. The van der Waals surface area contributed by atoms with Crippen LogP contribution in [0.15, 0.2) is 12.1 Å². The molecule has 2 amide bonds. The van der Waals surface area contributed by atoms with Gasteiger partial charge in [0.15, 0.2) is 0 Å². The van der Waals surface area contributed by atoms with Crippen LogP contribution in [0.2, 0.25) is 0 Å². The van der Waals surface area contributed by atoms with Gasteiger partial charge in [-0.3, -0.25) is 9.59 Å². The zero-order valence-electron chi connectivity index (χ0n) is 15.3. The molecule has 28 heavy (non-hydrogen) atoms. The molecule has 2 aliphatic carbocycles. The number of aromatic nitrogens is 1. The van der Waals surface area contributed by atoms with Crippen LogP contribution in [0.5, 0.6) is 0 Å². The van der Waals surface area contributed by atoms with Crippen LogP contribution in [0, 0.1) is 73.0 Å². The van der Waals surface area contributed by atoms with Crippen LogP contribution in [-0.4, -0.2) is 16.8 Å². The summed E-state index contributed by atoms with van der Waals surface area (Å²) in [6.45, 7) is 2.78. The van der Waals surface area contributed by atoms with Gasteiger partial charge in [-0.2, -0.15) is 0 Å². The monoisotopic (exact) mass is 527 g/mol. The van der Waals surface area contributed by atoms with Crippen molar-refractivity contribution in [2.75, 3.05) is 10.6 Å². The first kappa shape index (κ1) is 24.9. The minimum Gasteiger partial charge on any atom is -0.311 e. The summed E-state index contributed by atoms with van der Waals surface area (Å²) in [7, 11) is 0. The Bertz CT molecular complexity index is 684. The minimum atomic E-state index is -0.239. The maximum absolute atomic E-state index is 11.1. The van der Waals surface area contributed by atoms with Gasteiger partial charge in [-0.1, -0.05) is 34.4 Å². The van der Waals surface area contributed by atoms with E-state index in [4.69, 9.17) is 0 Å². The van der Waals surface area contributed by atoms with Crippen LogP contribution < -0.4 is 10.6 Å². The molecule has 0 unspecified atom stereocenters. The molecule has 7 heteroatoms. The Kier molecular flexibility index (Phi) is 11.7. The summed E-state index contributed by atoms with van der Waals surface area (Å²) in [5.41, 5.74) is 0.652. The first-order valence-corrected chi connectivity index (χ1v) is 9.18. The van der Waals surface area contributed by atoms with Crippen LogP contribution in [0.1, 0.15) is 19.4 Å². The Morgan fingerprint density at radius 2 is 1.32 bits per heavy atom. The molecule has 1 aromatic heterocycles. The summed E-state index contributed by atoms with van der Waals surface area (Å²) in [5.74, 6) is 7.10. The van der Waals surface area contributed by atoms with Crippen molar-refractivity contribution in [3.05, 3.63) is 78.9 Å². The molecule has 2 N–H and O–H groups in total. The first-order valence-electron chi connectivity index (χ1n) is 8.10. The fourth-order valence-electron chi connectivity index (χ4n) is 2.04. The minimum absolute atomic E-state index is 0. The molecule has 5 nitrogen and oxygen atoms in total. The predicted octanol–water partition coefficient (Wildman–Crippen LogP) is 3.54. The molecule has 3 rings (SSSR count). The van der Waals surface area contributed by atoms with Crippen molar-refractivity contribution in [2.45, 2.75) is 13.8 Å². The van der Waals surface area contributed by atoms with Crippen molar-refractivity contribution in [1.82, 2.24) is 4.98 Å². The van der Waals surface area contributed by atoms with Crippen molar-refractivity contribution < 1.29 is 26.7 Å². The molecule has 0 bridgehead atoms. The fourth-order valence-corrected chi connectivity index (χ4v) is 2.46. The van der Waals surface area contributed by atoms with E-state index < -0.39 is 0 Å². The Hall–Kier alpha value is -1.10. The largest absolute Gasteiger partial charge is 2.00 e. The number of carbonyl (C=O) groups is 2. The molecule has 0 aliphatic heterocycles. The van der Waals surface area contributed by atoms with Crippen molar-refractivity contribution in [3.63, 3.8) is 0 Å². The number of nitrogens with zero attached hydrogens (tertiary/aromatic N) is 1. The Balaban J connectivity index is 0.000000478. The summed E-state index contributed by atoms with van der Waals surface area (Å²) in [4.78, 5) is 26.4. The van der Waals surface area contributed by atoms with E-state index in [1.54, 1.807) is 12.1 Å². The summed E-state index contributed by atoms with van der Waals surface area (Å²) >= 11 is 2.28. The van der Waals surface area contributed by atoms with Crippen LogP contribution in [0.4, 0.5) is 11.6 Å². The third-order valence-electron chi connectivity index (χ3n) is 3.07. The number of halogens is 1. The van der Waals surface area contributed by atoms with Gasteiger partial charge in [0.1, 0.15) is 11.6 Å². The van der Waals surface area contributed by atoms with E-state index in [-0.39, 0.29) is 28.9 Å². The van der Waals surface area contributed by atoms with E-state index in [9.17, 15) is 9.59 Å². The van der Waals surface area contributed by atoms with Gasteiger partial charge in [0.25, 0.3) is 0 Å². The van der Waals surface area contributed by atoms with Gasteiger partial charge in [0.2, 0.25) is 11.8 Å². The summed E-state index contributed by atoms with van der Waals surface area (Å²) in [6.07, 6.45) is 15.8. The van der Waals surface area contributed by atoms with Crippen molar-refractivity contribution in [1.29, 1.82) is 0 Å². The number of anilines is 2. The summed E-state index contributed by atoms with van der Waals surface area (Å²) in [6, 6.07) is 3.31. The molecule has 142 valence electrons. The van der Waals surface area contributed by atoms with Crippen LogP contribution in [0.25, 0.3) is 0 Å². The number of nitrogens with one attached hydrogen (secondary N) is 2. The van der Waals surface area contributed by atoms with Crippen LogP contribution in [0.3, 0.4) is 0 Å². The number of hydrogen-bond acceptors (Lipinski definition) is 3. The molecular weight excluding hydrogens is 509 g/mol. The molecule has 0 aromatic carbocycles. The smallest absolute Gasteiger partial charge is 0.311 e. The second kappa shape index (κ2) is 13.2. The molecule has 2 saturated carbocycles. The fraction of sp³-hybridized carbons (Fsp3) is 0.0952. The zero-order valence-corrected chi connectivity index (χ0v) is 18.5. The third-order valence-corrected chi connectivity index (χ3v) is 3.79. The molecule has 0 spiro atoms. The third kappa shape index (κ3) is 9.90. The Morgan fingerprint density at radius 3 is 1.71 bits per heavy atom. The second-order valence-electron chi connectivity index (χ2n) is 5.52. The van der Waals surface area contributed by atoms with E-state index in [2.05, 4.69) is 62.9 Å². The van der Waals surface area contributed by atoms with Gasteiger partial charge in [-0.15, -0.1) is 0 Å². The summed E-state index contributed by atoms with van der Waals surface area (Å²) in [5, 5.41) is 5.17. The predicted molar refractivity (Wildman–Crippen MR) is 115 cm³/mol. The SMILES string of the molecule is CC(=O)Nc1cc(C#C[C]2[CH][CH][CH][CH]2)cc(NC(C)=O)n1.I[C]1[CH][CH][CH][CH]1.[Fe+2].